The maximum absolute atomic E-state index is 14.6. The molecule has 9 atom stereocenters. The van der Waals surface area contributed by atoms with E-state index in [4.69, 9.17) is 23.9 Å². The number of phenols is 2. The number of aromatic hydroxyl groups is 2. The number of aromatic amines is 1. The molecular weight excluding hydrogens is 761 g/mol. The number of nitrogens with zero attached hydrogens (tertiary/aromatic N) is 2. The lowest BCUT2D eigenvalue weighted by Crippen LogP contribution is -2.46. The number of anilines is 2. The summed E-state index contributed by atoms with van der Waals surface area (Å²) in [7, 11) is 1.46. The molecule has 0 aliphatic carbocycles. The van der Waals surface area contributed by atoms with E-state index in [1.165, 1.54) is 27.2 Å². The molecule has 2 aromatic carbocycles. The van der Waals surface area contributed by atoms with Crippen molar-refractivity contribution in [1.82, 2.24) is 9.97 Å². The van der Waals surface area contributed by atoms with Crippen molar-refractivity contribution in [3.63, 3.8) is 0 Å². The predicted molar refractivity (Wildman–Crippen MR) is 225 cm³/mol. The van der Waals surface area contributed by atoms with E-state index in [9.17, 15) is 34.8 Å². The fourth-order valence-electron chi connectivity index (χ4n) is 8.22. The van der Waals surface area contributed by atoms with Gasteiger partial charge in [-0.25, -0.2) is 4.98 Å². The maximum Gasteiger partial charge on any atom is 0.312 e. The number of allylic oxidation sites excluding steroid dienone is 2. The van der Waals surface area contributed by atoms with Crippen LogP contribution in [0.15, 0.2) is 36.1 Å². The van der Waals surface area contributed by atoms with Gasteiger partial charge in [0, 0.05) is 74.2 Å². The van der Waals surface area contributed by atoms with Gasteiger partial charge in [0.25, 0.3) is 11.7 Å². The number of benzene rings is 2. The first-order chi connectivity index (χ1) is 27.8. The lowest BCUT2D eigenvalue weighted by molar-refractivity contribution is -0.160. The summed E-state index contributed by atoms with van der Waals surface area (Å²) >= 11 is 0. The maximum atomic E-state index is 14.6. The summed E-state index contributed by atoms with van der Waals surface area (Å²) in [5, 5.41) is 49.5. The largest absolute Gasteiger partial charge is 0.507 e. The predicted octanol–water partition coefficient (Wildman–Crippen LogP) is 6.55. The van der Waals surface area contributed by atoms with Gasteiger partial charge in [-0.05, 0) is 32.8 Å². The number of esters is 1. The highest BCUT2D eigenvalue weighted by Crippen LogP contribution is 2.54. The molecule has 2 aliphatic heterocycles. The molecular formula is C44H60N4O11. The van der Waals surface area contributed by atoms with Crippen LogP contribution >= 0.6 is 0 Å². The van der Waals surface area contributed by atoms with E-state index >= 15 is 0 Å². The number of aromatic nitrogens is 2. The zero-order valence-electron chi connectivity index (χ0n) is 35.9. The summed E-state index contributed by atoms with van der Waals surface area (Å²) < 4.78 is 23.9. The highest BCUT2D eigenvalue weighted by atomic mass is 16.7. The Morgan fingerprint density at radius 1 is 0.966 bits per heavy atom. The molecule has 3 heterocycles. The fraction of sp³-hybridized carbons (Fsp3) is 0.545. The van der Waals surface area contributed by atoms with Crippen LogP contribution in [-0.2, 0) is 23.8 Å². The van der Waals surface area contributed by atoms with Crippen molar-refractivity contribution in [2.45, 2.75) is 112 Å². The van der Waals surface area contributed by atoms with Crippen LogP contribution in [0.3, 0.4) is 0 Å². The first-order valence-electron chi connectivity index (χ1n) is 20.3. The zero-order valence-corrected chi connectivity index (χ0v) is 35.9. The number of aliphatic hydroxyl groups is 2. The fourth-order valence-corrected chi connectivity index (χ4v) is 8.22. The van der Waals surface area contributed by atoms with E-state index in [1.54, 1.807) is 65.8 Å². The smallest absolute Gasteiger partial charge is 0.312 e. The molecule has 0 spiro atoms. The monoisotopic (exact) mass is 820 g/mol. The number of H-pyrrole nitrogens is 1. The molecule has 0 saturated carbocycles. The average Bonchev–Trinajstić information content (AvgIpc) is 3.75. The molecule has 15 heteroatoms. The Bertz CT molecular complexity index is 2170. The normalized spacial score (nSPS) is 30.1. The van der Waals surface area contributed by atoms with Crippen molar-refractivity contribution in [2.75, 3.05) is 30.4 Å². The minimum absolute atomic E-state index is 0.0236. The van der Waals surface area contributed by atoms with E-state index in [2.05, 4.69) is 10.3 Å². The summed E-state index contributed by atoms with van der Waals surface area (Å²) in [4.78, 5) is 51.1. The van der Waals surface area contributed by atoms with Crippen LogP contribution in [0.5, 0.6) is 17.2 Å². The Labute approximate surface area is 345 Å². The summed E-state index contributed by atoms with van der Waals surface area (Å²) in [6.45, 7) is 18.2. The summed E-state index contributed by atoms with van der Waals surface area (Å²) in [6, 6.07) is 0. The third-order valence-corrected chi connectivity index (χ3v) is 11.7. The van der Waals surface area contributed by atoms with Gasteiger partial charge < -0.3 is 54.6 Å². The molecule has 1 amide bonds. The number of hydrogen-bond acceptors (Lipinski definition) is 13. The summed E-state index contributed by atoms with van der Waals surface area (Å²) in [5.74, 6) is -6.50. The highest BCUT2D eigenvalue weighted by molar-refractivity contribution is 6.28. The number of fused-ring (bicyclic) bond motifs is 1. The lowest BCUT2D eigenvalue weighted by atomic mass is 9.78. The third-order valence-electron chi connectivity index (χ3n) is 11.7. The minimum Gasteiger partial charge on any atom is -0.507 e. The van der Waals surface area contributed by atoms with E-state index < -0.39 is 77.3 Å². The van der Waals surface area contributed by atoms with Crippen molar-refractivity contribution >= 4 is 51.1 Å². The number of hydrogen-bond donors (Lipinski definition) is 6. The van der Waals surface area contributed by atoms with E-state index in [0.29, 0.717) is 19.0 Å². The van der Waals surface area contributed by atoms with Crippen LogP contribution in [0.4, 0.5) is 11.6 Å². The summed E-state index contributed by atoms with van der Waals surface area (Å²) in [6.07, 6.45) is 5.52. The van der Waals surface area contributed by atoms with Crippen molar-refractivity contribution < 1.29 is 53.8 Å². The molecule has 0 unspecified atom stereocenters. The van der Waals surface area contributed by atoms with Gasteiger partial charge in [-0.2, -0.15) is 0 Å². The third kappa shape index (κ3) is 8.50. The number of carbonyl (C=O) groups excluding carboxylic acids is 3. The van der Waals surface area contributed by atoms with Gasteiger partial charge in [-0.3, -0.25) is 14.4 Å². The average molecular weight is 821 g/mol. The molecule has 4 bridgehead atoms. The number of rotatable bonds is 7. The number of methoxy groups -OCH3 is 1. The number of ether oxygens (including phenoxy) is 4. The molecule has 0 saturated heterocycles. The van der Waals surface area contributed by atoms with E-state index in [-0.39, 0.29) is 55.7 Å². The molecule has 6 N–H and O–H groups in total. The number of ketones is 1. The molecule has 5 rings (SSSR count). The van der Waals surface area contributed by atoms with E-state index in [1.807, 2.05) is 18.7 Å². The standard InChI is InChI=1S/C44H60N4O11/c1-12-18-48(19-13-2)43-46-32-29-30-37(52)26(8)40-31(29)41(54)44(10,59-40)57-20-17-28(56-11)23(5)39(58-27(9)49)25(7)36(51)24(6)35(50)21(3)15-14-16-22(4)42(55)45-34(38(30)53)33(32)47-43/h14-17,20-21,23-25,28,35-36,39,50-53H,12-13,18-19H2,1-11H3,(H,45,55)(H,46,47)/b15-14+,20-17+,22-16+/t21-,23+,24+,25+,28-,35-,36+,39+,44-/m0/s1. The second-order valence-electron chi connectivity index (χ2n) is 16.1. The number of nitrogens with one attached hydrogen (secondary N) is 2. The Kier molecular flexibility index (Phi) is 13.7. The van der Waals surface area contributed by atoms with Crippen LogP contribution in [-0.4, -0.2) is 98.5 Å². The second-order valence-corrected chi connectivity index (χ2v) is 16.1. The van der Waals surface area contributed by atoms with Crippen molar-refractivity contribution in [1.29, 1.82) is 0 Å². The van der Waals surface area contributed by atoms with Crippen molar-refractivity contribution in [3.8, 4) is 17.2 Å². The van der Waals surface area contributed by atoms with Gasteiger partial charge >= 0.3 is 11.8 Å². The number of aliphatic hydroxyl groups excluding tert-OH is 2. The number of imidazole rings is 1. The molecule has 1 aromatic heterocycles. The number of amides is 1. The summed E-state index contributed by atoms with van der Waals surface area (Å²) in [5.41, 5.74) is 0.795. The van der Waals surface area contributed by atoms with Gasteiger partial charge in [-0.1, -0.05) is 59.8 Å². The van der Waals surface area contributed by atoms with Crippen LogP contribution in [0.25, 0.3) is 21.8 Å². The number of phenolic OH excluding ortho intramolecular Hbond substituents is 2. The van der Waals surface area contributed by atoms with Crippen LogP contribution < -0.4 is 15.0 Å². The number of carbonyl (C=O) groups is 3. The SMILES string of the molecule is CCCN(CCC)c1nc2c([nH]1)c1c(O)c3c(O)c(C)c4c(c32)C(=O)[C@@](C)(O/C=C/[C@H](OC)[C@@H](C)[C@@H](OC(C)=O)[C@H](C)[C@H](O)[C@H](C)[C@@H](O)[C@@H](C)/C=C/C=C(\C)C(=O)N1)O4. The first-order valence-corrected chi connectivity index (χ1v) is 20.3. The Morgan fingerprint density at radius 2 is 1.63 bits per heavy atom. The van der Waals surface area contributed by atoms with Gasteiger partial charge in [0.2, 0.25) is 5.95 Å². The lowest BCUT2D eigenvalue weighted by Gasteiger charge is -2.38. The van der Waals surface area contributed by atoms with Gasteiger partial charge in [0.1, 0.15) is 28.8 Å². The Balaban J connectivity index is 1.76. The van der Waals surface area contributed by atoms with E-state index in [0.717, 1.165) is 12.8 Å². The topological polar surface area (TPSA) is 213 Å². The van der Waals surface area contributed by atoms with Crippen LogP contribution in [0.2, 0.25) is 0 Å². The molecule has 3 aromatic rings. The molecule has 0 radical (unpaired) electrons. The second kappa shape index (κ2) is 18.0. The van der Waals surface area contributed by atoms with Crippen LogP contribution in [0.1, 0.15) is 91.1 Å². The highest BCUT2D eigenvalue weighted by Gasteiger charge is 2.50. The van der Waals surface area contributed by atoms with Gasteiger partial charge in [0.05, 0.1) is 41.0 Å². The minimum atomic E-state index is -1.96. The quantitative estimate of drug-likeness (QED) is 0.110. The van der Waals surface area contributed by atoms with Gasteiger partial charge in [0.15, 0.2) is 5.75 Å². The molecule has 322 valence electrons. The molecule has 0 fully saturated rings. The Hall–Kier alpha value is -5.12. The molecule has 59 heavy (non-hydrogen) atoms. The molecule has 15 nitrogen and oxygen atoms in total. The number of Topliss-reactive ketones (excluding diaryl/α,β-unsaturated/α-hetero) is 1. The van der Waals surface area contributed by atoms with Crippen molar-refractivity contribution in [2.24, 2.45) is 23.7 Å². The first kappa shape index (κ1) is 45.0. The molecule has 2 aliphatic rings. The van der Waals surface area contributed by atoms with Crippen LogP contribution in [0, 0.1) is 30.6 Å². The zero-order chi connectivity index (χ0) is 43.7. The van der Waals surface area contributed by atoms with Crippen molar-refractivity contribution in [3.05, 3.63) is 47.3 Å². The van der Waals surface area contributed by atoms with Gasteiger partial charge in [-0.15, -0.1) is 0 Å². The Morgan fingerprint density at radius 3 is 2.24 bits per heavy atom.